The van der Waals surface area contributed by atoms with Gasteiger partial charge < -0.3 is 9.94 Å². The minimum absolute atomic E-state index is 0.172. The van der Waals surface area contributed by atoms with E-state index in [1.165, 1.54) is 0 Å². The van der Waals surface area contributed by atoms with Crippen molar-refractivity contribution in [3.05, 3.63) is 42.0 Å². The van der Waals surface area contributed by atoms with Crippen LogP contribution in [0, 0.1) is 0 Å². The molecular weight excluding hydrogens is 250 g/mol. The molecule has 2 aromatic rings. The molecule has 106 valence electrons. The van der Waals surface area contributed by atoms with Gasteiger partial charge in [-0.2, -0.15) is 0 Å². The minimum Gasteiger partial charge on any atom is -0.489 e. The van der Waals surface area contributed by atoms with E-state index >= 15 is 0 Å². The molecule has 0 saturated heterocycles. The molecule has 2 rings (SSSR count). The van der Waals surface area contributed by atoms with Crippen molar-refractivity contribution in [3.63, 3.8) is 0 Å². The van der Waals surface area contributed by atoms with Crippen molar-refractivity contribution in [2.75, 3.05) is 0 Å². The normalized spacial score (nSPS) is 12.1. The maximum Gasteiger partial charge on any atom is 0.136 e. The summed E-state index contributed by atoms with van der Waals surface area (Å²) >= 11 is 0. The van der Waals surface area contributed by atoms with Crippen molar-refractivity contribution in [3.8, 4) is 5.75 Å². The zero-order chi connectivity index (χ0) is 14.5. The van der Waals surface area contributed by atoms with Crippen molar-refractivity contribution in [2.24, 2.45) is 5.16 Å². The fourth-order valence-corrected chi connectivity index (χ4v) is 2.33. The van der Waals surface area contributed by atoms with Gasteiger partial charge in [0.1, 0.15) is 5.75 Å². The highest BCUT2D eigenvalue weighted by Crippen LogP contribution is 2.32. The third kappa shape index (κ3) is 2.77. The van der Waals surface area contributed by atoms with Gasteiger partial charge in [-0.3, -0.25) is 0 Å². The fourth-order valence-electron chi connectivity index (χ4n) is 2.33. The van der Waals surface area contributed by atoms with Crippen LogP contribution in [0.25, 0.3) is 10.8 Å². The van der Waals surface area contributed by atoms with E-state index in [2.05, 4.69) is 25.1 Å². The third-order valence-electron chi connectivity index (χ3n) is 3.61. The highest BCUT2D eigenvalue weighted by Gasteiger charge is 2.15. The first-order valence-electron chi connectivity index (χ1n) is 7.08. The Kier molecular flexibility index (Phi) is 4.61. The maximum atomic E-state index is 9.07. The molecule has 20 heavy (non-hydrogen) atoms. The quantitative estimate of drug-likeness (QED) is 0.490. The van der Waals surface area contributed by atoms with Crippen LogP contribution in [0.5, 0.6) is 5.75 Å². The Labute approximate surface area is 119 Å². The summed E-state index contributed by atoms with van der Waals surface area (Å²) in [6.45, 7) is 6.02. The van der Waals surface area contributed by atoms with Gasteiger partial charge in [-0.15, -0.1) is 0 Å². The Balaban J connectivity index is 2.61. The highest BCUT2D eigenvalue weighted by atomic mass is 16.5. The molecule has 0 bridgehead atoms. The summed E-state index contributed by atoms with van der Waals surface area (Å²) in [7, 11) is 0. The standard InChI is InChI=1S/C17H21NO2/c1-4-14(5-2)20-17-15(12(3)18-19)11-10-13-8-6-7-9-16(13)17/h6-11,14,19H,4-5H2,1-3H3/b18-12+. The molecule has 0 aliphatic heterocycles. The van der Waals surface area contributed by atoms with Crippen molar-refractivity contribution in [2.45, 2.75) is 39.7 Å². The Morgan fingerprint density at radius 3 is 2.50 bits per heavy atom. The van der Waals surface area contributed by atoms with Crippen LogP contribution in [0.2, 0.25) is 0 Å². The molecule has 0 radical (unpaired) electrons. The van der Waals surface area contributed by atoms with Crippen LogP contribution in [-0.2, 0) is 0 Å². The lowest BCUT2D eigenvalue weighted by Gasteiger charge is -2.20. The number of rotatable bonds is 5. The van der Waals surface area contributed by atoms with Gasteiger partial charge in [0.2, 0.25) is 0 Å². The van der Waals surface area contributed by atoms with Crippen LogP contribution in [0.3, 0.4) is 0 Å². The molecular formula is C17H21NO2. The molecule has 0 fully saturated rings. The fraction of sp³-hybridized carbons (Fsp3) is 0.353. The second-order valence-corrected chi connectivity index (χ2v) is 4.91. The van der Waals surface area contributed by atoms with E-state index in [1.54, 1.807) is 6.92 Å². The van der Waals surface area contributed by atoms with E-state index < -0.39 is 0 Å². The summed E-state index contributed by atoms with van der Waals surface area (Å²) < 4.78 is 6.19. The molecule has 0 spiro atoms. The predicted octanol–water partition coefficient (Wildman–Crippen LogP) is 4.61. The lowest BCUT2D eigenvalue weighted by molar-refractivity contribution is 0.195. The Bertz CT molecular complexity index is 615. The van der Waals surface area contributed by atoms with Gasteiger partial charge in [-0.05, 0) is 31.2 Å². The Morgan fingerprint density at radius 1 is 1.15 bits per heavy atom. The van der Waals surface area contributed by atoms with E-state index in [-0.39, 0.29) is 6.10 Å². The second kappa shape index (κ2) is 6.42. The lowest BCUT2D eigenvalue weighted by atomic mass is 10.0. The van der Waals surface area contributed by atoms with Gasteiger partial charge in [-0.25, -0.2) is 0 Å². The summed E-state index contributed by atoms with van der Waals surface area (Å²) in [5.74, 6) is 0.812. The number of ether oxygens (including phenoxy) is 1. The second-order valence-electron chi connectivity index (χ2n) is 4.91. The maximum absolute atomic E-state index is 9.07. The first-order chi connectivity index (χ1) is 9.71. The molecule has 1 N–H and O–H groups in total. The van der Waals surface area contributed by atoms with Crippen molar-refractivity contribution < 1.29 is 9.94 Å². The van der Waals surface area contributed by atoms with Crippen LogP contribution in [0.15, 0.2) is 41.6 Å². The third-order valence-corrected chi connectivity index (χ3v) is 3.61. The van der Waals surface area contributed by atoms with Gasteiger partial charge >= 0.3 is 0 Å². The number of benzene rings is 2. The molecule has 0 aliphatic carbocycles. The molecule has 0 aliphatic rings. The highest BCUT2D eigenvalue weighted by molar-refractivity contribution is 6.06. The van der Waals surface area contributed by atoms with Crippen molar-refractivity contribution in [1.82, 2.24) is 0 Å². The van der Waals surface area contributed by atoms with Gasteiger partial charge in [0.15, 0.2) is 0 Å². The zero-order valence-electron chi connectivity index (χ0n) is 12.3. The van der Waals surface area contributed by atoms with Crippen LogP contribution in [0.4, 0.5) is 0 Å². The number of hydrogen-bond acceptors (Lipinski definition) is 3. The molecule has 0 unspecified atom stereocenters. The Morgan fingerprint density at radius 2 is 1.85 bits per heavy atom. The summed E-state index contributed by atoms with van der Waals surface area (Å²) in [5, 5.41) is 14.6. The number of oxime groups is 1. The van der Waals surface area contributed by atoms with Crippen LogP contribution < -0.4 is 4.74 Å². The zero-order valence-corrected chi connectivity index (χ0v) is 12.3. The number of nitrogens with zero attached hydrogens (tertiary/aromatic N) is 1. The smallest absolute Gasteiger partial charge is 0.136 e. The van der Waals surface area contributed by atoms with Crippen LogP contribution in [0.1, 0.15) is 39.2 Å². The SMILES string of the molecule is CCC(CC)Oc1c(/C(C)=N/O)ccc2ccccc12. The van der Waals surface area contributed by atoms with Crippen molar-refractivity contribution in [1.29, 1.82) is 0 Å². The summed E-state index contributed by atoms with van der Waals surface area (Å²) in [6, 6.07) is 12.1. The monoisotopic (exact) mass is 271 g/mol. The van der Waals surface area contributed by atoms with Gasteiger partial charge in [0.05, 0.1) is 11.8 Å². The number of fused-ring (bicyclic) bond motifs is 1. The molecule has 0 atom stereocenters. The molecule has 0 amide bonds. The molecule has 0 saturated carbocycles. The lowest BCUT2D eigenvalue weighted by Crippen LogP contribution is -2.16. The first-order valence-corrected chi connectivity index (χ1v) is 7.08. The molecule has 3 heteroatoms. The van der Waals surface area contributed by atoms with E-state index in [4.69, 9.17) is 9.94 Å². The molecule has 0 heterocycles. The van der Waals surface area contributed by atoms with E-state index in [0.29, 0.717) is 5.71 Å². The van der Waals surface area contributed by atoms with Crippen molar-refractivity contribution >= 4 is 16.5 Å². The Hall–Kier alpha value is -2.03. The topological polar surface area (TPSA) is 41.8 Å². The molecule has 2 aromatic carbocycles. The minimum atomic E-state index is 0.172. The van der Waals surface area contributed by atoms with Gasteiger partial charge in [-0.1, -0.05) is 49.3 Å². The van der Waals surface area contributed by atoms with Gasteiger partial charge in [0, 0.05) is 10.9 Å². The van der Waals surface area contributed by atoms with E-state index in [0.717, 1.165) is 34.9 Å². The van der Waals surface area contributed by atoms with E-state index in [9.17, 15) is 0 Å². The predicted molar refractivity (Wildman–Crippen MR) is 82.9 cm³/mol. The largest absolute Gasteiger partial charge is 0.489 e. The summed E-state index contributed by atoms with van der Waals surface area (Å²) in [5.41, 5.74) is 1.41. The summed E-state index contributed by atoms with van der Waals surface area (Å²) in [6.07, 6.45) is 2.08. The van der Waals surface area contributed by atoms with Crippen LogP contribution in [-0.4, -0.2) is 17.0 Å². The van der Waals surface area contributed by atoms with E-state index in [1.807, 2.05) is 30.3 Å². The average Bonchev–Trinajstić information content (AvgIpc) is 2.51. The summed E-state index contributed by atoms with van der Waals surface area (Å²) in [4.78, 5) is 0. The molecule has 3 nitrogen and oxygen atoms in total. The molecule has 0 aromatic heterocycles. The van der Waals surface area contributed by atoms with Gasteiger partial charge in [0.25, 0.3) is 0 Å². The van der Waals surface area contributed by atoms with Crippen LogP contribution >= 0.6 is 0 Å². The average molecular weight is 271 g/mol. The first kappa shape index (κ1) is 14.4. The number of hydrogen-bond donors (Lipinski definition) is 1.